The van der Waals surface area contributed by atoms with Gasteiger partial charge in [-0.25, -0.2) is 4.79 Å². The zero-order valence-corrected chi connectivity index (χ0v) is 20.5. The summed E-state index contributed by atoms with van der Waals surface area (Å²) in [5.74, 6) is 0.0395. The van der Waals surface area contributed by atoms with Gasteiger partial charge in [0.2, 0.25) is 5.91 Å². The first-order valence-corrected chi connectivity index (χ1v) is 13.0. The van der Waals surface area contributed by atoms with E-state index in [4.69, 9.17) is 5.73 Å². The van der Waals surface area contributed by atoms with Crippen LogP contribution in [0.1, 0.15) is 48.0 Å². The lowest BCUT2D eigenvalue weighted by atomic mass is 9.98. The first kappa shape index (κ1) is 23.3. The van der Waals surface area contributed by atoms with Gasteiger partial charge in [-0.2, -0.15) is 0 Å². The largest absolute Gasteiger partial charge is 0.383 e. The standard InChI is InChI=1S/C23H29N5O3S2/c1-3-5-10-28-21(24)20(22(30)25-23(28)31)26(4-2)14-18(29)27-11-8-16-15(9-13-33-16)19(27)17-7-6-12-32-17/h6-7,9,12-13,19H,3-5,8,10-11,14,24H2,1-2H3,(H,25,30,31). The third-order valence-corrected chi connectivity index (χ3v) is 7.99. The van der Waals surface area contributed by atoms with Gasteiger partial charge in [0, 0.05) is 29.4 Å². The minimum absolute atomic E-state index is 0.0110. The highest BCUT2D eigenvalue weighted by atomic mass is 32.1. The van der Waals surface area contributed by atoms with E-state index in [9.17, 15) is 14.4 Å². The zero-order valence-electron chi connectivity index (χ0n) is 18.9. The summed E-state index contributed by atoms with van der Waals surface area (Å²) >= 11 is 3.37. The van der Waals surface area contributed by atoms with Crippen LogP contribution in [0, 0.1) is 0 Å². The number of thiophene rings is 2. The van der Waals surface area contributed by atoms with Crippen molar-refractivity contribution in [3.63, 3.8) is 0 Å². The quantitative estimate of drug-likeness (QED) is 0.508. The second-order valence-corrected chi connectivity index (χ2v) is 10.0. The molecule has 176 valence electrons. The van der Waals surface area contributed by atoms with E-state index >= 15 is 0 Å². The number of carbonyl (C=O) groups excluding carboxylic acids is 1. The number of hydrogen-bond donors (Lipinski definition) is 2. The Bertz CT molecular complexity index is 1230. The maximum atomic E-state index is 13.6. The highest BCUT2D eigenvalue weighted by Gasteiger charge is 2.34. The van der Waals surface area contributed by atoms with E-state index in [-0.39, 0.29) is 30.0 Å². The molecule has 1 amide bonds. The molecule has 4 heterocycles. The van der Waals surface area contributed by atoms with Gasteiger partial charge in [-0.05, 0) is 48.2 Å². The van der Waals surface area contributed by atoms with Crippen molar-refractivity contribution < 1.29 is 4.79 Å². The lowest BCUT2D eigenvalue weighted by Crippen LogP contribution is -2.47. The van der Waals surface area contributed by atoms with Crippen molar-refractivity contribution in [2.45, 2.75) is 45.7 Å². The third kappa shape index (κ3) is 4.49. The van der Waals surface area contributed by atoms with Crippen LogP contribution in [0.15, 0.2) is 38.5 Å². The maximum absolute atomic E-state index is 13.6. The minimum Gasteiger partial charge on any atom is -0.383 e. The fraction of sp³-hybridized carbons (Fsp3) is 0.435. The molecule has 1 atom stereocenters. The Kier molecular flexibility index (Phi) is 7.04. The van der Waals surface area contributed by atoms with Crippen molar-refractivity contribution in [1.29, 1.82) is 0 Å². The molecule has 0 bridgehead atoms. The molecule has 3 aromatic heterocycles. The maximum Gasteiger partial charge on any atom is 0.330 e. The van der Waals surface area contributed by atoms with E-state index < -0.39 is 11.2 Å². The molecule has 1 unspecified atom stereocenters. The van der Waals surface area contributed by atoms with Crippen molar-refractivity contribution >= 4 is 40.1 Å². The topological polar surface area (TPSA) is 104 Å². The number of H-pyrrole nitrogens is 1. The van der Waals surface area contributed by atoms with Crippen LogP contribution in [0.25, 0.3) is 0 Å². The molecule has 3 aromatic rings. The van der Waals surface area contributed by atoms with Gasteiger partial charge in [0.15, 0.2) is 0 Å². The number of anilines is 2. The van der Waals surface area contributed by atoms with Crippen LogP contribution in [0.5, 0.6) is 0 Å². The molecular formula is C23H29N5O3S2. The third-order valence-electron chi connectivity index (χ3n) is 6.07. The molecule has 0 radical (unpaired) electrons. The lowest BCUT2D eigenvalue weighted by Gasteiger charge is -2.37. The van der Waals surface area contributed by atoms with E-state index in [0.717, 1.165) is 24.1 Å². The predicted molar refractivity (Wildman–Crippen MR) is 134 cm³/mol. The molecule has 1 aliphatic heterocycles. The highest BCUT2D eigenvalue weighted by Crippen LogP contribution is 2.39. The van der Waals surface area contributed by atoms with Gasteiger partial charge < -0.3 is 15.5 Å². The second-order valence-electron chi connectivity index (χ2n) is 8.07. The van der Waals surface area contributed by atoms with Gasteiger partial charge in [0.25, 0.3) is 5.56 Å². The number of rotatable bonds is 8. The fourth-order valence-corrected chi connectivity index (χ4v) is 6.12. The summed E-state index contributed by atoms with van der Waals surface area (Å²) in [7, 11) is 0. The molecule has 0 saturated heterocycles. The molecule has 0 aliphatic carbocycles. The van der Waals surface area contributed by atoms with Crippen LogP contribution in [0.3, 0.4) is 0 Å². The number of nitrogen functional groups attached to an aromatic ring is 1. The number of carbonyl (C=O) groups is 1. The molecular weight excluding hydrogens is 458 g/mol. The lowest BCUT2D eigenvalue weighted by molar-refractivity contribution is -0.131. The number of nitrogens with two attached hydrogens (primary N) is 1. The van der Waals surface area contributed by atoms with Crippen LogP contribution in [0.2, 0.25) is 0 Å². The van der Waals surface area contributed by atoms with E-state index in [1.165, 1.54) is 15.0 Å². The Balaban J connectivity index is 1.65. The van der Waals surface area contributed by atoms with E-state index in [2.05, 4.69) is 22.5 Å². The van der Waals surface area contributed by atoms with Crippen molar-refractivity contribution in [2.24, 2.45) is 0 Å². The fourth-order valence-electron chi connectivity index (χ4n) is 4.36. The number of fused-ring (bicyclic) bond motifs is 1. The Hall–Kier alpha value is -2.85. The number of nitrogens with zero attached hydrogens (tertiary/aromatic N) is 3. The van der Waals surface area contributed by atoms with Crippen molar-refractivity contribution in [1.82, 2.24) is 14.5 Å². The predicted octanol–water partition coefficient (Wildman–Crippen LogP) is 3.04. The Labute approximate surface area is 200 Å². The molecule has 8 nitrogen and oxygen atoms in total. The van der Waals surface area contributed by atoms with Gasteiger partial charge in [0.1, 0.15) is 11.5 Å². The number of aromatic nitrogens is 2. The summed E-state index contributed by atoms with van der Waals surface area (Å²) in [5.41, 5.74) is 6.57. The average molecular weight is 488 g/mol. The summed E-state index contributed by atoms with van der Waals surface area (Å²) in [6.45, 7) is 5.35. The summed E-state index contributed by atoms with van der Waals surface area (Å²) < 4.78 is 1.39. The summed E-state index contributed by atoms with van der Waals surface area (Å²) in [6.07, 6.45) is 2.47. The first-order valence-electron chi connectivity index (χ1n) is 11.2. The van der Waals surface area contributed by atoms with Gasteiger partial charge in [0.05, 0.1) is 12.6 Å². The van der Waals surface area contributed by atoms with Crippen LogP contribution in [-0.2, 0) is 17.8 Å². The number of hydrogen-bond acceptors (Lipinski definition) is 7. The van der Waals surface area contributed by atoms with E-state index in [1.54, 1.807) is 27.6 Å². The molecule has 0 spiro atoms. The molecule has 4 rings (SSSR count). The minimum atomic E-state index is -0.562. The van der Waals surface area contributed by atoms with Gasteiger partial charge in [-0.3, -0.25) is 19.1 Å². The van der Waals surface area contributed by atoms with Crippen LogP contribution in [0.4, 0.5) is 11.5 Å². The highest BCUT2D eigenvalue weighted by molar-refractivity contribution is 7.10. The normalized spacial score (nSPS) is 15.5. The summed E-state index contributed by atoms with van der Waals surface area (Å²) in [5, 5.41) is 4.11. The number of amides is 1. The monoisotopic (exact) mass is 487 g/mol. The van der Waals surface area contributed by atoms with Crippen LogP contribution in [-0.4, -0.2) is 40.0 Å². The Morgan fingerprint density at radius 3 is 2.76 bits per heavy atom. The molecule has 33 heavy (non-hydrogen) atoms. The Morgan fingerprint density at radius 1 is 1.24 bits per heavy atom. The van der Waals surface area contributed by atoms with Gasteiger partial charge in [-0.15, -0.1) is 22.7 Å². The first-order chi connectivity index (χ1) is 16.0. The average Bonchev–Trinajstić information content (AvgIpc) is 3.49. The van der Waals surface area contributed by atoms with Gasteiger partial charge >= 0.3 is 5.69 Å². The van der Waals surface area contributed by atoms with Crippen molar-refractivity contribution in [2.75, 3.05) is 30.3 Å². The number of aromatic amines is 1. The Morgan fingerprint density at radius 2 is 2.06 bits per heavy atom. The molecule has 0 saturated carbocycles. The number of nitrogens with one attached hydrogen (secondary N) is 1. The smallest absolute Gasteiger partial charge is 0.330 e. The number of likely N-dealkylation sites (N-methyl/N-ethyl adjacent to an activating group) is 1. The van der Waals surface area contributed by atoms with Gasteiger partial charge in [-0.1, -0.05) is 19.4 Å². The molecule has 0 fully saturated rings. The van der Waals surface area contributed by atoms with Crippen molar-refractivity contribution in [3.05, 3.63) is 65.1 Å². The van der Waals surface area contributed by atoms with E-state index in [0.29, 0.717) is 19.6 Å². The molecule has 10 heteroatoms. The SMILES string of the molecule is CCCCn1c(N)c(N(CC)CC(=O)N2CCc3sccc3C2c2cccs2)c(=O)[nH]c1=O. The molecule has 3 N–H and O–H groups in total. The second kappa shape index (κ2) is 9.96. The molecule has 0 aromatic carbocycles. The van der Waals surface area contributed by atoms with Crippen molar-refractivity contribution in [3.8, 4) is 0 Å². The summed E-state index contributed by atoms with van der Waals surface area (Å²) in [4.78, 5) is 47.0. The van der Waals surface area contributed by atoms with Crippen LogP contribution < -0.4 is 21.9 Å². The molecule has 1 aliphatic rings. The van der Waals surface area contributed by atoms with Crippen LogP contribution >= 0.6 is 22.7 Å². The summed E-state index contributed by atoms with van der Waals surface area (Å²) in [6, 6.07) is 6.04. The zero-order chi connectivity index (χ0) is 23.5. The number of unbranched alkanes of at least 4 members (excludes halogenated alkanes) is 1. The van der Waals surface area contributed by atoms with E-state index in [1.807, 2.05) is 30.2 Å².